The molecule has 0 saturated carbocycles. The number of fused-ring (bicyclic) bond motifs is 1. The van der Waals surface area contributed by atoms with Gasteiger partial charge in [-0.25, -0.2) is 13.2 Å². The highest BCUT2D eigenvalue weighted by molar-refractivity contribution is 7.89. The van der Waals surface area contributed by atoms with Crippen LogP contribution in [0.25, 0.3) is 0 Å². The van der Waals surface area contributed by atoms with Gasteiger partial charge in [0.2, 0.25) is 0 Å². The number of nitrogens with zero attached hydrogens (tertiary/aromatic N) is 3. The zero-order chi connectivity index (χ0) is 11.2. The number of hydrogen-bond acceptors (Lipinski definition) is 4. The van der Waals surface area contributed by atoms with Crippen LogP contribution in [0.2, 0.25) is 0 Å². The minimum Gasteiger partial charge on any atom is -0.478 e. The quantitative estimate of drug-likeness (QED) is 0.684. The lowest BCUT2D eigenvalue weighted by molar-refractivity contribution is 0.0691. The van der Waals surface area contributed by atoms with Gasteiger partial charge in [-0.1, -0.05) is 0 Å². The van der Waals surface area contributed by atoms with E-state index in [1.165, 1.54) is 11.7 Å². The summed E-state index contributed by atoms with van der Waals surface area (Å²) in [5.74, 6) is -1.28. The minimum atomic E-state index is -3.70. The third-order valence-corrected chi connectivity index (χ3v) is 4.23. The van der Waals surface area contributed by atoms with Gasteiger partial charge in [0.1, 0.15) is 5.56 Å². The Balaban J connectivity index is 2.71. The van der Waals surface area contributed by atoms with Gasteiger partial charge in [-0.15, -0.1) is 0 Å². The van der Waals surface area contributed by atoms with Gasteiger partial charge in [0, 0.05) is 13.6 Å². The van der Waals surface area contributed by atoms with Crippen molar-refractivity contribution in [3.05, 3.63) is 11.8 Å². The number of carboxylic acid groups (broad SMARTS) is 1. The van der Waals surface area contributed by atoms with Gasteiger partial charge in [0.05, 0.1) is 12.7 Å². The number of likely N-dealkylation sites (N-methyl/N-ethyl adjacent to an activating group) is 1. The zero-order valence-corrected chi connectivity index (χ0v) is 8.73. The van der Waals surface area contributed by atoms with Crippen LogP contribution in [0, 0.1) is 0 Å². The molecular weight excluding hydrogens is 222 g/mol. The van der Waals surface area contributed by atoms with Crippen LogP contribution in [-0.4, -0.2) is 47.2 Å². The summed E-state index contributed by atoms with van der Waals surface area (Å²) in [6.45, 7) is 0.675. The molecule has 82 valence electrons. The first-order valence-corrected chi connectivity index (χ1v) is 5.64. The molecule has 0 spiro atoms. The molecule has 1 N–H and O–H groups in total. The summed E-state index contributed by atoms with van der Waals surface area (Å²) in [7, 11) is -2.29. The predicted octanol–water partition coefficient (Wildman–Crippen LogP) is -0.785. The highest BCUT2D eigenvalue weighted by Gasteiger charge is 2.34. The van der Waals surface area contributed by atoms with E-state index in [2.05, 4.69) is 5.10 Å². The van der Waals surface area contributed by atoms with Gasteiger partial charge < -0.3 is 5.11 Å². The lowest BCUT2D eigenvalue weighted by atomic mass is 10.4. The maximum absolute atomic E-state index is 11.8. The summed E-state index contributed by atoms with van der Waals surface area (Å²) in [5.41, 5.74) is -0.276. The molecule has 1 aromatic rings. The Morgan fingerprint density at radius 1 is 1.53 bits per heavy atom. The van der Waals surface area contributed by atoms with Crippen LogP contribution in [-0.2, 0) is 16.6 Å². The molecule has 2 rings (SSSR count). The largest absolute Gasteiger partial charge is 0.478 e. The van der Waals surface area contributed by atoms with E-state index in [-0.39, 0.29) is 10.6 Å². The Hall–Kier alpha value is -1.41. The Morgan fingerprint density at radius 2 is 2.20 bits per heavy atom. The first-order valence-electron chi connectivity index (χ1n) is 4.20. The fraction of sp³-hybridized carbons (Fsp3) is 0.429. The standard InChI is InChI=1S/C7H9N3O4S/c1-9-2-3-10-6(15(9,13)14)5(4-8-10)7(11)12/h4H,2-3H2,1H3,(H,11,12). The summed E-state index contributed by atoms with van der Waals surface area (Å²) in [4.78, 5) is 10.8. The lowest BCUT2D eigenvalue weighted by Gasteiger charge is -2.23. The van der Waals surface area contributed by atoms with Crippen molar-refractivity contribution >= 4 is 16.0 Å². The van der Waals surface area contributed by atoms with Crippen molar-refractivity contribution in [2.45, 2.75) is 11.6 Å². The smallest absolute Gasteiger partial charge is 0.340 e. The van der Waals surface area contributed by atoms with E-state index in [0.717, 1.165) is 10.5 Å². The van der Waals surface area contributed by atoms with Gasteiger partial charge in [0.25, 0.3) is 10.0 Å². The van der Waals surface area contributed by atoms with E-state index >= 15 is 0 Å². The summed E-state index contributed by atoms with van der Waals surface area (Å²) in [5, 5.41) is 12.3. The maximum Gasteiger partial charge on any atom is 0.340 e. The molecular formula is C7H9N3O4S. The Morgan fingerprint density at radius 3 is 2.80 bits per heavy atom. The third kappa shape index (κ3) is 1.33. The van der Waals surface area contributed by atoms with Crippen LogP contribution in [0.4, 0.5) is 0 Å². The summed E-state index contributed by atoms with van der Waals surface area (Å²) in [6, 6.07) is 0. The fourth-order valence-corrected chi connectivity index (χ4v) is 2.90. The van der Waals surface area contributed by atoms with Crippen molar-refractivity contribution in [1.82, 2.24) is 14.1 Å². The van der Waals surface area contributed by atoms with Gasteiger partial charge >= 0.3 is 5.97 Å². The molecule has 7 nitrogen and oxygen atoms in total. The number of hydrogen-bond donors (Lipinski definition) is 1. The molecule has 15 heavy (non-hydrogen) atoms. The maximum atomic E-state index is 11.8. The SMILES string of the molecule is CN1CCn2ncc(C(=O)O)c2S1(=O)=O. The molecule has 1 aromatic heterocycles. The molecule has 0 fully saturated rings. The number of carboxylic acids is 1. The molecule has 0 radical (unpaired) electrons. The molecule has 1 aliphatic rings. The molecule has 0 atom stereocenters. The molecule has 2 heterocycles. The van der Waals surface area contributed by atoms with E-state index in [1.54, 1.807) is 0 Å². The minimum absolute atomic E-state index is 0.233. The molecule has 0 amide bonds. The van der Waals surface area contributed by atoms with Crippen molar-refractivity contribution in [1.29, 1.82) is 0 Å². The first kappa shape index (κ1) is 10.1. The third-order valence-electron chi connectivity index (χ3n) is 2.30. The van der Waals surface area contributed by atoms with E-state index < -0.39 is 16.0 Å². The molecule has 1 aliphatic heterocycles. The normalized spacial score (nSPS) is 19.8. The Labute approximate surface area is 86.0 Å². The second-order valence-electron chi connectivity index (χ2n) is 3.22. The molecule has 0 bridgehead atoms. The topological polar surface area (TPSA) is 92.5 Å². The van der Waals surface area contributed by atoms with Gasteiger partial charge in [0.15, 0.2) is 5.03 Å². The second-order valence-corrected chi connectivity index (χ2v) is 5.18. The molecule has 8 heteroatoms. The average Bonchev–Trinajstić information content (AvgIpc) is 2.56. The number of sulfonamides is 1. The van der Waals surface area contributed by atoms with Crippen molar-refractivity contribution in [2.24, 2.45) is 0 Å². The van der Waals surface area contributed by atoms with E-state index in [0.29, 0.717) is 13.1 Å². The summed E-state index contributed by atoms with van der Waals surface area (Å²) < 4.78 is 25.9. The molecule has 0 unspecified atom stereocenters. The Bertz CT molecular complexity index is 518. The highest BCUT2D eigenvalue weighted by Crippen LogP contribution is 2.22. The molecule has 0 aliphatic carbocycles. The first-order chi connectivity index (χ1) is 6.94. The Kier molecular flexibility index (Phi) is 2.05. The van der Waals surface area contributed by atoms with Crippen molar-refractivity contribution < 1.29 is 18.3 Å². The van der Waals surface area contributed by atoms with Crippen LogP contribution < -0.4 is 0 Å². The zero-order valence-electron chi connectivity index (χ0n) is 7.91. The van der Waals surface area contributed by atoms with Gasteiger partial charge in [-0.2, -0.15) is 9.40 Å². The highest BCUT2D eigenvalue weighted by atomic mass is 32.2. The molecule has 0 aromatic carbocycles. The molecule has 0 saturated heterocycles. The number of aromatic nitrogens is 2. The van der Waals surface area contributed by atoms with Crippen LogP contribution in [0.15, 0.2) is 11.2 Å². The van der Waals surface area contributed by atoms with E-state index in [9.17, 15) is 13.2 Å². The summed E-state index contributed by atoms with van der Waals surface area (Å²) >= 11 is 0. The second kappa shape index (κ2) is 3.04. The summed E-state index contributed by atoms with van der Waals surface area (Å²) in [6.07, 6.45) is 1.06. The number of rotatable bonds is 1. The number of aromatic carboxylic acids is 1. The average molecular weight is 231 g/mol. The van der Waals surface area contributed by atoms with Crippen molar-refractivity contribution in [3.8, 4) is 0 Å². The van der Waals surface area contributed by atoms with Crippen LogP contribution in [0.1, 0.15) is 10.4 Å². The van der Waals surface area contributed by atoms with Gasteiger partial charge in [-0.05, 0) is 0 Å². The predicted molar refractivity (Wildman–Crippen MR) is 49.0 cm³/mol. The number of carbonyl (C=O) groups is 1. The van der Waals surface area contributed by atoms with Crippen molar-refractivity contribution in [2.75, 3.05) is 13.6 Å². The van der Waals surface area contributed by atoms with Crippen molar-refractivity contribution in [3.63, 3.8) is 0 Å². The van der Waals surface area contributed by atoms with Crippen LogP contribution in [0.3, 0.4) is 0 Å². The van der Waals surface area contributed by atoms with Gasteiger partial charge in [-0.3, -0.25) is 4.68 Å². The monoisotopic (exact) mass is 231 g/mol. The van der Waals surface area contributed by atoms with Crippen LogP contribution in [0.5, 0.6) is 0 Å². The lowest BCUT2D eigenvalue weighted by Crippen LogP contribution is -2.38. The van der Waals surface area contributed by atoms with Crippen LogP contribution >= 0.6 is 0 Å². The van der Waals surface area contributed by atoms with E-state index in [1.807, 2.05) is 0 Å². The fourth-order valence-electron chi connectivity index (χ4n) is 1.46. The van der Waals surface area contributed by atoms with E-state index in [4.69, 9.17) is 5.11 Å².